The van der Waals surface area contributed by atoms with Gasteiger partial charge in [-0.3, -0.25) is 0 Å². The van der Waals surface area contributed by atoms with Crippen LogP contribution < -0.4 is 9.47 Å². The lowest BCUT2D eigenvalue weighted by Gasteiger charge is -2.28. The number of sulfonamides is 1. The number of ether oxygens (including phenoxy) is 2. The van der Waals surface area contributed by atoms with E-state index in [1.54, 1.807) is 18.5 Å². The second-order valence-corrected chi connectivity index (χ2v) is 7.32. The van der Waals surface area contributed by atoms with Crippen molar-refractivity contribution in [2.75, 3.05) is 26.5 Å². The molecule has 118 valence electrons. The first kappa shape index (κ1) is 16.1. The van der Waals surface area contributed by atoms with Gasteiger partial charge in [0.05, 0.1) is 20.0 Å². The quantitative estimate of drug-likeness (QED) is 0.808. The number of benzene rings is 1. The van der Waals surface area contributed by atoms with Gasteiger partial charge in [0.25, 0.3) is 0 Å². The topological polar surface area (TPSA) is 55.8 Å². The van der Waals surface area contributed by atoms with Crippen molar-refractivity contribution >= 4 is 10.0 Å². The number of rotatable bonds is 6. The van der Waals surface area contributed by atoms with Crippen molar-refractivity contribution < 1.29 is 17.9 Å². The summed E-state index contributed by atoms with van der Waals surface area (Å²) in [6.45, 7) is 2.95. The lowest BCUT2D eigenvalue weighted by molar-refractivity contribution is 0.348. The molecule has 5 nitrogen and oxygen atoms in total. The van der Waals surface area contributed by atoms with Crippen molar-refractivity contribution in [3.63, 3.8) is 0 Å². The maximum atomic E-state index is 12.3. The van der Waals surface area contributed by atoms with Crippen LogP contribution >= 0.6 is 0 Å². The number of unbranched alkanes of at least 4 members (excludes halogenated alkanes) is 1. The molecular weight excluding hydrogens is 290 g/mol. The Morgan fingerprint density at radius 1 is 1.14 bits per heavy atom. The Morgan fingerprint density at radius 3 is 2.33 bits per heavy atom. The minimum atomic E-state index is -3.16. The van der Waals surface area contributed by atoms with E-state index in [9.17, 15) is 8.42 Å². The normalized spacial score (nSPS) is 15.6. The Labute approximate surface area is 126 Å². The molecule has 0 aromatic heterocycles. The number of nitrogens with zero attached hydrogens (tertiary/aromatic N) is 1. The highest BCUT2D eigenvalue weighted by Crippen LogP contribution is 2.33. The van der Waals surface area contributed by atoms with E-state index in [1.165, 1.54) is 0 Å². The number of fused-ring (bicyclic) bond motifs is 1. The van der Waals surface area contributed by atoms with Gasteiger partial charge in [0.2, 0.25) is 10.0 Å². The largest absolute Gasteiger partial charge is 0.493 e. The molecule has 1 aromatic rings. The van der Waals surface area contributed by atoms with Gasteiger partial charge < -0.3 is 9.47 Å². The molecule has 0 saturated carbocycles. The van der Waals surface area contributed by atoms with Crippen LogP contribution in [0.5, 0.6) is 11.5 Å². The van der Waals surface area contributed by atoms with Gasteiger partial charge in [-0.05, 0) is 36.1 Å². The van der Waals surface area contributed by atoms with E-state index < -0.39 is 10.0 Å². The SMILES string of the molecule is CCCCS(=O)(=O)N1CCc2cc(OC)c(OC)cc2C1. The highest BCUT2D eigenvalue weighted by Gasteiger charge is 2.27. The van der Waals surface area contributed by atoms with E-state index in [0.717, 1.165) is 17.5 Å². The maximum Gasteiger partial charge on any atom is 0.214 e. The van der Waals surface area contributed by atoms with Gasteiger partial charge in [0, 0.05) is 13.1 Å². The van der Waals surface area contributed by atoms with Crippen LogP contribution in [0.3, 0.4) is 0 Å². The van der Waals surface area contributed by atoms with Crippen molar-refractivity contribution in [1.82, 2.24) is 4.31 Å². The van der Waals surface area contributed by atoms with Crippen LogP contribution in [0.25, 0.3) is 0 Å². The summed E-state index contributed by atoms with van der Waals surface area (Å²) >= 11 is 0. The summed E-state index contributed by atoms with van der Waals surface area (Å²) in [5, 5.41) is 0. The van der Waals surface area contributed by atoms with Crippen LogP contribution in [0.2, 0.25) is 0 Å². The molecule has 6 heteroatoms. The summed E-state index contributed by atoms with van der Waals surface area (Å²) in [6.07, 6.45) is 2.30. The van der Waals surface area contributed by atoms with Crippen LogP contribution in [0, 0.1) is 0 Å². The van der Waals surface area contributed by atoms with Gasteiger partial charge in [-0.15, -0.1) is 0 Å². The van der Waals surface area contributed by atoms with E-state index in [1.807, 2.05) is 19.1 Å². The highest BCUT2D eigenvalue weighted by molar-refractivity contribution is 7.89. The van der Waals surface area contributed by atoms with E-state index in [2.05, 4.69) is 0 Å². The van der Waals surface area contributed by atoms with Crippen LogP contribution in [0.4, 0.5) is 0 Å². The highest BCUT2D eigenvalue weighted by atomic mass is 32.2. The average Bonchev–Trinajstić information content (AvgIpc) is 2.50. The molecule has 21 heavy (non-hydrogen) atoms. The average molecular weight is 313 g/mol. The molecule has 0 aliphatic carbocycles. The summed E-state index contributed by atoms with van der Waals surface area (Å²) < 4.78 is 36.8. The molecule has 1 heterocycles. The van der Waals surface area contributed by atoms with Crippen LogP contribution in [0.1, 0.15) is 30.9 Å². The molecule has 0 bridgehead atoms. The first-order chi connectivity index (χ1) is 10.0. The molecule has 1 aliphatic heterocycles. The third kappa shape index (κ3) is 3.49. The Hall–Kier alpha value is -1.27. The first-order valence-electron chi connectivity index (χ1n) is 7.23. The molecule has 0 saturated heterocycles. The zero-order valence-corrected chi connectivity index (χ0v) is 13.7. The van der Waals surface area contributed by atoms with Crippen LogP contribution in [-0.2, 0) is 23.0 Å². The third-order valence-electron chi connectivity index (χ3n) is 3.83. The summed E-state index contributed by atoms with van der Waals surface area (Å²) in [4.78, 5) is 0. The summed E-state index contributed by atoms with van der Waals surface area (Å²) in [5.41, 5.74) is 2.13. The molecular formula is C15H23NO4S. The van der Waals surface area contributed by atoms with Crippen molar-refractivity contribution in [3.8, 4) is 11.5 Å². The molecule has 1 aliphatic rings. The van der Waals surface area contributed by atoms with Crippen LogP contribution in [-0.4, -0.2) is 39.2 Å². The Morgan fingerprint density at radius 2 is 1.76 bits per heavy atom. The van der Waals surface area contributed by atoms with Gasteiger partial charge in [0.15, 0.2) is 11.5 Å². The lowest BCUT2D eigenvalue weighted by atomic mass is 10.0. The zero-order valence-electron chi connectivity index (χ0n) is 12.9. The van der Waals surface area contributed by atoms with E-state index in [-0.39, 0.29) is 5.75 Å². The lowest BCUT2D eigenvalue weighted by Crippen LogP contribution is -2.37. The zero-order chi connectivity index (χ0) is 15.5. The smallest absolute Gasteiger partial charge is 0.214 e. The molecule has 0 amide bonds. The number of hydrogen-bond acceptors (Lipinski definition) is 4. The summed E-state index contributed by atoms with van der Waals surface area (Å²) in [7, 11) is 0.0297. The Bertz CT molecular complexity index is 598. The molecule has 0 radical (unpaired) electrons. The number of hydrogen-bond donors (Lipinski definition) is 0. The fourth-order valence-corrected chi connectivity index (χ4v) is 4.17. The predicted octanol–water partition coefficient (Wildman–Crippen LogP) is 2.19. The minimum Gasteiger partial charge on any atom is -0.493 e. The summed E-state index contributed by atoms with van der Waals surface area (Å²) in [5.74, 6) is 1.56. The Balaban J connectivity index is 2.24. The van der Waals surface area contributed by atoms with Crippen LogP contribution in [0.15, 0.2) is 12.1 Å². The fourth-order valence-electron chi connectivity index (χ4n) is 2.55. The molecule has 0 unspecified atom stereocenters. The van der Waals surface area contributed by atoms with E-state index >= 15 is 0 Å². The molecule has 2 rings (SSSR count). The molecule has 0 atom stereocenters. The van der Waals surface area contributed by atoms with Gasteiger partial charge >= 0.3 is 0 Å². The third-order valence-corrected chi connectivity index (χ3v) is 5.74. The number of methoxy groups -OCH3 is 2. The van der Waals surface area contributed by atoms with E-state index in [4.69, 9.17) is 9.47 Å². The van der Waals surface area contributed by atoms with Crippen molar-refractivity contribution in [2.45, 2.75) is 32.7 Å². The van der Waals surface area contributed by atoms with E-state index in [0.29, 0.717) is 37.4 Å². The maximum absolute atomic E-state index is 12.3. The predicted molar refractivity (Wildman–Crippen MR) is 82.4 cm³/mol. The second-order valence-electron chi connectivity index (χ2n) is 5.23. The molecule has 0 spiro atoms. The monoisotopic (exact) mass is 313 g/mol. The molecule has 0 N–H and O–H groups in total. The molecule has 0 fully saturated rings. The molecule has 1 aromatic carbocycles. The second kappa shape index (κ2) is 6.66. The summed E-state index contributed by atoms with van der Waals surface area (Å²) in [6, 6.07) is 3.83. The van der Waals surface area contributed by atoms with Gasteiger partial charge in [-0.25, -0.2) is 8.42 Å². The fraction of sp³-hybridized carbons (Fsp3) is 0.600. The van der Waals surface area contributed by atoms with Crippen molar-refractivity contribution in [2.24, 2.45) is 0 Å². The Kier molecular flexibility index (Phi) is 5.11. The van der Waals surface area contributed by atoms with Gasteiger partial charge in [0.1, 0.15) is 0 Å². The van der Waals surface area contributed by atoms with Crippen molar-refractivity contribution in [1.29, 1.82) is 0 Å². The van der Waals surface area contributed by atoms with Gasteiger partial charge in [-0.1, -0.05) is 13.3 Å². The minimum absolute atomic E-state index is 0.228. The first-order valence-corrected chi connectivity index (χ1v) is 8.84. The van der Waals surface area contributed by atoms with Gasteiger partial charge in [-0.2, -0.15) is 4.31 Å². The standard InChI is InChI=1S/C15H23NO4S/c1-4-5-8-21(17,18)16-7-6-12-9-14(19-2)15(20-3)10-13(12)11-16/h9-10H,4-8,11H2,1-3H3. The van der Waals surface area contributed by atoms with Crippen molar-refractivity contribution in [3.05, 3.63) is 23.3 Å².